The molecule has 118 valence electrons. The van der Waals surface area contributed by atoms with Gasteiger partial charge in [-0.1, -0.05) is 12.1 Å². The van der Waals surface area contributed by atoms with Crippen LogP contribution in [0.2, 0.25) is 0 Å². The van der Waals surface area contributed by atoms with Gasteiger partial charge in [-0.05, 0) is 37.9 Å². The molecule has 0 unspecified atom stereocenters. The van der Waals surface area contributed by atoms with Crippen molar-refractivity contribution >= 4 is 56.7 Å². The molecule has 0 spiro atoms. The maximum Gasteiger partial charge on any atom is 0.114 e. The molecule has 0 saturated heterocycles. The average Bonchev–Trinajstić information content (AvgIpc) is 3.23. The zero-order valence-corrected chi connectivity index (χ0v) is 15.3. The number of thiazole rings is 1. The Morgan fingerprint density at radius 2 is 2.22 bits per heavy atom. The number of H-pyrrole nitrogens is 1. The van der Waals surface area contributed by atoms with Crippen molar-refractivity contribution in [1.29, 1.82) is 0 Å². The summed E-state index contributed by atoms with van der Waals surface area (Å²) in [7, 11) is 0. The van der Waals surface area contributed by atoms with E-state index in [0.717, 1.165) is 44.9 Å². The zero-order chi connectivity index (χ0) is 15.8. The second kappa shape index (κ2) is 6.22. The van der Waals surface area contributed by atoms with Crippen molar-refractivity contribution in [3.63, 3.8) is 0 Å². The van der Waals surface area contributed by atoms with E-state index in [1.165, 1.54) is 9.60 Å². The first kappa shape index (κ1) is 15.1. The Labute approximate surface area is 147 Å². The lowest BCUT2D eigenvalue weighted by Crippen LogP contribution is -1.92. The number of para-hydroxylation sites is 1. The van der Waals surface area contributed by atoms with Crippen LogP contribution in [0, 0.1) is 13.8 Å². The summed E-state index contributed by atoms with van der Waals surface area (Å²) >= 11 is 5.17. The standard InChI is InChI=1S/C16H16N4S3/c1-9-16(22-10(2)18-9)23-20-12-5-3-4-11-8-13(19-14(11)12)15-17-6-7-21-15/h3-5,8,19-20H,6-7H2,1-2H3. The van der Waals surface area contributed by atoms with E-state index in [1.54, 1.807) is 23.3 Å². The van der Waals surface area contributed by atoms with Gasteiger partial charge in [-0.2, -0.15) is 0 Å². The third-order valence-electron chi connectivity index (χ3n) is 3.59. The number of nitrogens with one attached hydrogen (secondary N) is 2. The molecule has 0 radical (unpaired) electrons. The highest BCUT2D eigenvalue weighted by molar-refractivity contribution is 8.14. The quantitative estimate of drug-likeness (QED) is 0.653. The second-order valence-corrected chi connectivity index (χ2v) is 8.66. The normalized spacial score (nSPS) is 14.4. The van der Waals surface area contributed by atoms with Gasteiger partial charge in [0.05, 0.1) is 27.6 Å². The number of nitrogens with zero attached hydrogens (tertiary/aromatic N) is 2. The lowest BCUT2D eigenvalue weighted by atomic mass is 10.2. The Morgan fingerprint density at radius 1 is 1.30 bits per heavy atom. The van der Waals surface area contributed by atoms with Crippen molar-refractivity contribution in [2.45, 2.75) is 18.1 Å². The number of hydrogen-bond donors (Lipinski definition) is 2. The van der Waals surface area contributed by atoms with Crippen LogP contribution in [0.1, 0.15) is 16.4 Å². The van der Waals surface area contributed by atoms with E-state index in [-0.39, 0.29) is 0 Å². The first-order chi connectivity index (χ1) is 11.2. The molecule has 3 heterocycles. The van der Waals surface area contributed by atoms with Crippen molar-refractivity contribution in [3.05, 3.63) is 40.7 Å². The molecule has 23 heavy (non-hydrogen) atoms. The van der Waals surface area contributed by atoms with Crippen molar-refractivity contribution in [2.24, 2.45) is 4.99 Å². The summed E-state index contributed by atoms with van der Waals surface area (Å²) in [6.07, 6.45) is 0. The van der Waals surface area contributed by atoms with Gasteiger partial charge in [-0.25, -0.2) is 4.98 Å². The van der Waals surface area contributed by atoms with Crippen LogP contribution in [-0.2, 0) is 0 Å². The third-order valence-corrected chi connectivity index (χ3v) is 6.77. The summed E-state index contributed by atoms with van der Waals surface area (Å²) < 4.78 is 4.68. The monoisotopic (exact) mass is 360 g/mol. The lowest BCUT2D eigenvalue weighted by molar-refractivity contribution is 1.16. The van der Waals surface area contributed by atoms with Crippen LogP contribution < -0.4 is 4.72 Å². The van der Waals surface area contributed by atoms with E-state index in [2.05, 4.69) is 50.9 Å². The van der Waals surface area contributed by atoms with Gasteiger partial charge in [-0.15, -0.1) is 23.1 Å². The van der Waals surface area contributed by atoms with Crippen LogP contribution in [-0.4, -0.2) is 27.3 Å². The largest absolute Gasteiger partial charge is 0.351 e. The summed E-state index contributed by atoms with van der Waals surface area (Å²) in [5.74, 6) is 1.08. The minimum Gasteiger partial charge on any atom is -0.351 e. The molecule has 1 aliphatic rings. The van der Waals surface area contributed by atoms with Crippen molar-refractivity contribution in [3.8, 4) is 0 Å². The maximum atomic E-state index is 4.55. The SMILES string of the molecule is Cc1nc(C)c(SNc2cccc3cc(C4=NCCS4)[nH]c23)s1. The molecule has 0 bridgehead atoms. The summed E-state index contributed by atoms with van der Waals surface area (Å²) in [4.78, 5) is 12.6. The minimum atomic E-state index is 0.917. The predicted molar refractivity (Wildman–Crippen MR) is 103 cm³/mol. The van der Waals surface area contributed by atoms with Gasteiger partial charge in [0.15, 0.2) is 0 Å². The molecule has 0 saturated carbocycles. The molecular formula is C16H16N4S3. The van der Waals surface area contributed by atoms with Gasteiger partial charge >= 0.3 is 0 Å². The number of aryl methyl sites for hydroxylation is 2. The van der Waals surface area contributed by atoms with E-state index >= 15 is 0 Å². The first-order valence-electron chi connectivity index (χ1n) is 7.37. The van der Waals surface area contributed by atoms with E-state index in [1.807, 2.05) is 18.7 Å². The summed E-state index contributed by atoms with van der Waals surface area (Å²) in [5.41, 5.74) is 4.42. The Balaban J connectivity index is 1.63. The fraction of sp³-hybridized carbons (Fsp3) is 0.250. The van der Waals surface area contributed by atoms with Crippen molar-refractivity contribution in [2.75, 3.05) is 17.0 Å². The van der Waals surface area contributed by atoms with E-state index in [9.17, 15) is 0 Å². The zero-order valence-electron chi connectivity index (χ0n) is 12.8. The van der Waals surface area contributed by atoms with E-state index in [4.69, 9.17) is 0 Å². The number of rotatable bonds is 4. The van der Waals surface area contributed by atoms with Gasteiger partial charge in [0.2, 0.25) is 0 Å². The van der Waals surface area contributed by atoms with Gasteiger partial charge < -0.3 is 9.71 Å². The summed E-state index contributed by atoms with van der Waals surface area (Å²) in [5, 5.41) is 3.43. The van der Waals surface area contributed by atoms with Crippen molar-refractivity contribution < 1.29 is 0 Å². The average molecular weight is 361 g/mol. The van der Waals surface area contributed by atoms with Gasteiger partial charge in [0, 0.05) is 17.7 Å². The van der Waals surface area contributed by atoms with Crippen molar-refractivity contribution in [1.82, 2.24) is 9.97 Å². The first-order valence-corrected chi connectivity index (χ1v) is 9.99. The highest BCUT2D eigenvalue weighted by atomic mass is 32.2. The number of thioether (sulfide) groups is 1. The number of aromatic nitrogens is 2. The molecule has 1 aliphatic heterocycles. The molecule has 0 fully saturated rings. The molecule has 3 aromatic rings. The van der Waals surface area contributed by atoms with E-state index < -0.39 is 0 Å². The van der Waals surface area contributed by atoms with Crippen LogP contribution >= 0.6 is 35.0 Å². The van der Waals surface area contributed by atoms with E-state index in [0.29, 0.717) is 0 Å². The Bertz CT molecular complexity index is 894. The number of fused-ring (bicyclic) bond motifs is 1. The topological polar surface area (TPSA) is 53.1 Å². The summed E-state index contributed by atoms with van der Waals surface area (Å²) in [6.45, 7) is 5.01. The molecule has 1 aromatic carbocycles. The molecule has 0 amide bonds. The van der Waals surface area contributed by atoms with Crippen LogP contribution in [0.5, 0.6) is 0 Å². The fourth-order valence-corrected chi connectivity index (χ4v) is 5.25. The third kappa shape index (κ3) is 3.00. The highest BCUT2D eigenvalue weighted by Crippen LogP contribution is 2.33. The molecule has 7 heteroatoms. The van der Waals surface area contributed by atoms with Gasteiger partial charge in [0.1, 0.15) is 9.25 Å². The van der Waals surface area contributed by atoms with Gasteiger partial charge in [0.25, 0.3) is 0 Å². The Hall–Kier alpha value is -1.44. The fourth-order valence-electron chi connectivity index (χ4n) is 2.56. The molecular weight excluding hydrogens is 344 g/mol. The van der Waals surface area contributed by atoms with Crippen LogP contribution in [0.3, 0.4) is 0 Å². The molecule has 4 rings (SSSR count). The number of aromatic amines is 1. The number of benzene rings is 1. The smallest absolute Gasteiger partial charge is 0.114 e. The van der Waals surface area contributed by atoms with Crippen LogP contribution in [0.15, 0.2) is 33.5 Å². The summed E-state index contributed by atoms with van der Waals surface area (Å²) in [6, 6.07) is 8.50. The second-order valence-electron chi connectivity index (χ2n) is 5.30. The van der Waals surface area contributed by atoms with Gasteiger partial charge in [-0.3, -0.25) is 4.99 Å². The molecule has 2 N–H and O–H groups in total. The molecule has 4 nitrogen and oxygen atoms in total. The predicted octanol–water partition coefficient (Wildman–Crippen LogP) is 4.85. The Kier molecular flexibility index (Phi) is 4.09. The Morgan fingerprint density at radius 3 is 2.96 bits per heavy atom. The lowest BCUT2D eigenvalue weighted by Gasteiger charge is -2.05. The maximum absolute atomic E-state index is 4.55. The molecule has 0 atom stereocenters. The minimum absolute atomic E-state index is 0.917. The molecule has 2 aromatic heterocycles. The van der Waals surface area contributed by atoms with Crippen LogP contribution in [0.25, 0.3) is 10.9 Å². The highest BCUT2D eigenvalue weighted by Gasteiger charge is 2.14. The number of anilines is 1. The molecule has 0 aliphatic carbocycles. The number of aliphatic imine (C=N–C) groups is 1. The van der Waals surface area contributed by atoms with Crippen LogP contribution in [0.4, 0.5) is 5.69 Å². The number of hydrogen-bond acceptors (Lipinski definition) is 6.